The Labute approximate surface area is 112 Å². The van der Waals surface area contributed by atoms with Crippen LogP contribution in [-0.4, -0.2) is 29.1 Å². The van der Waals surface area contributed by atoms with Gasteiger partial charge in [0.2, 0.25) is 0 Å². The average molecular weight is 265 g/mol. The molecule has 1 aliphatic rings. The molecular weight excluding hydrogens is 248 g/mol. The van der Waals surface area contributed by atoms with Crippen molar-refractivity contribution < 1.29 is 18.5 Å². The molecule has 1 fully saturated rings. The maximum atomic E-state index is 13.9. The van der Waals surface area contributed by atoms with Gasteiger partial charge in [-0.1, -0.05) is 0 Å². The zero-order chi connectivity index (χ0) is 14.4. The molecule has 0 spiro atoms. The summed E-state index contributed by atoms with van der Waals surface area (Å²) in [6, 6.07) is 1.39. The predicted molar refractivity (Wildman–Crippen MR) is 69.9 cm³/mol. The average Bonchev–Trinajstić information content (AvgIpc) is 2.48. The molecular formula is C13H17BFNO3. The number of rotatable bonds is 2. The molecule has 0 aromatic carbocycles. The number of ketones is 1. The molecule has 0 radical (unpaired) electrons. The molecule has 4 nitrogen and oxygen atoms in total. The Balaban J connectivity index is 2.39. The summed E-state index contributed by atoms with van der Waals surface area (Å²) in [4.78, 5) is 15.1. The summed E-state index contributed by atoms with van der Waals surface area (Å²) in [5.41, 5.74) is -0.696. The second-order valence-electron chi connectivity index (χ2n) is 5.74. The zero-order valence-electron chi connectivity index (χ0n) is 11.8. The summed E-state index contributed by atoms with van der Waals surface area (Å²) in [7, 11) is -0.828. The van der Waals surface area contributed by atoms with E-state index in [0.717, 1.165) is 6.20 Å². The molecule has 0 saturated carbocycles. The molecule has 2 heterocycles. The fourth-order valence-corrected chi connectivity index (χ4v) is 1.80. The van der Waals surface area contributed by atoms with Crippen LogP contribution < -0.4 is 5.46 Å². The van der Waals surface area contributed by atoms with Crippen molar-refractivity contribution in [3.8, 4) is 0 Å². The van der Waals surface area contributed by atoms with Gasteiger partial charge in [-0.3, -0.25) is 9.78 Å². The molecule has 102 valence electrons. The van der Waals surface area contributed by atoms with E-state index in [1.807, 2.05) is 27.7 Å². The Kier molecular flexibility index (Phi) is 3.27. The SMILES string of the molecule is CC(=O)c1cc(B2OC(C)(C)C(C)(C)O2)c(F)cn1. The van der Waals surface area contributed by atoms with Crippen LogP contribution in [-0.2, 0) is 9.31 Å². The Hall–Kier alpha value is -1.27. The van der Waals surface area contributed by atoms with Crippen molar-refractivity contribution in [1.82, 2.24) is 4.98 Å². The van der Waals surface area contributed by atoms with Crippen molar-refractivity contribution >= 4 is 18.4 Å². The third kappa shape index (κ3) is 2.42. The first kappa shape index (κ1) is 14.2. The zero-order valence-corrected chi connectivity index (χ0v) is 11.8. The van der Waals surface area contributed by atoms with Gasteiger partial charge in [0.25, 0.3) is 0 Å². The number of hydrogen-bond acceptors (Lipinski definition) is 4. The quantitative estimate of drug-likeness (QED) is 0.603. The van der Waals surface area contributed by atoms with Crippen LogP contribution in [0.15, 0.2) is 12.3 Å². The van der Waals surface area contributed by atoms with E-state index in [0.29, 0.717) is 0 Å². The van der Waals surface area contributed by atoms with Gasteiger partial charge < -0.3 is 9.31 Å². The maximum Gasteiger partial charge on any atom is 0.497 e. The summed E-state index contributed by atoms with van der Waals surface area (Å²) in [5.74, 6) is -0.763. The summed E-state index contributed by atoms with van der Waals surface area (Å²) < 4.78 is 25.4. The van der Waals surface area contributed by atoms with E-state index in [1.165, 1.54) is 13.0 Å². The van der Waals surface area contributed by atoms with Crippen LogP contribution in [0, 0.1) is 5.82 Å². The third-order valence-electron chi connectivity index (χ3n) is 3.75. The highest BCUT2D eigenvalue weighted by molar-refractivity contribution is 6.62. The first-order chi connectivity index (χ1) is 8.64. The van der Waals surface area contributed by atoms with Gasteiger partial charge in [-0.25, -0.2) is 4.39 Å². The molecule has 19 heavy (non-hydrogen) atoms. The lowest BCUT2D eigenvalue weighted by Gasteiger charge is -2.32. The lowest BCUT2D eigenvalue weighted by molar-refractivity contribution is 0.00578. The van der Waals surface area contributed by atoms with Crippen LogP contribution in [0.4, 0.5) is 4.39 Å². The van der Waals surface area contributed by atoms with E-state index in [4.69, 9.17) is 9.31 Å². The normalized spacial score (nSPS) is 20.6. The number of halogens is 1. The minimum Gasteiger partial charge on any atom is -0.399 e. The Morgan fingerprint density at radius 2 is 1.79 bits per heavy atom. The lowest BCUT2D eigenvalue weighted by Crippen LogP contribution is -2.41. The lowest BCUT2D eigenvalue weighted by atomic mass is 9.78. The molecule has 1 aromatic rings. The van der Waals surface area contributed by atoms with Crippen LogP contribution >= 0.6 is 0 Å². The van der Waals surface area contributed by atoms with Gasteiger partial charge in [0.15, 0.2) is 5.78 Å². The fraction of sp³-hybridized carbons (Fsp3) is 0.538. The van der Waals surface area contributed by atoms with Crippen LogP contribution in [0.2, 0.25) is 0 Å². The number of hydrogen-bond donors (Lipinski definition) is 0. The van der Waals surface area contributed by atoms with E-state index in [1.54, 1.807) is 0 Å². The smallest absolute Gasteiger partial charge is 0.399 e. The summed E-state index contributed by atoms with van der Waals surface area (Å²) in [6.45, 7) is 8.93. The second-order valence-corrected chi connectivity index (χ2v) is 5.74. The molecule has 1 saturated heterocycles. The van der Waals surface area contributed by atoms with Crippen LogP contribution in [0.3, 0.4) is 0 Å². The molecule has 2 rings (SSSR count). The first-order valence-electron chi connectivity index (χ1n) is 6.16. The number of nitrogens with zero attached hydrogens (tertiary/aromatic N) is 1. The van der Waals surface area contributed by atoms with E-state index < -0.39 is 24.1 Å². The van der Waals surface area contributed by atoms with Crippen LogP contribution in [0.1, 0.15) is 45.1 Å². The molecule has 1 aromatic heterocycles. The van der Waals surface area contributed by atoms with E-state index in [-0.39, 0.29) is 16.9 Å². The Bertz CT molecular complexity index is 515. The summed E-state index contributed by atoms with van der Waals surface area (Å²) in [5, 5.41) is 0. The number of Topliss-reactive ketones (excluding diaryl/α,β-unsaturated/α-hetero) is 1. The Morgan fingerprint density at radius 1 is 1.26 bits per heavy atom. The fourth-order valence-electron chi connectivity index (χ4n) is 1.80. The molecule has 0 N–H and O–H groups in total. The monoisotopic (exact) mass is 265 g/mol. The van der Waals surface area contributed by atoms with Gasteiger partial charge in [-0.15, -0.1) is 0 Å². The van der Waals surface area contributed by atoms with Crippen molar-refractivity contribution in [2.75, 3.05) is 0 Å². The van der Waals surface area contributed by atoms with Gasteiger partial charge in [0.05, 0.1) is 17.4 Å². The standard InChI is InChI=1S/C13H17BFNO3/c1-8(17)11-6-9(10(15)7-16-11)14-18-12(2,3)13(4,5)19-14/h6-7H,1-5H3. The van der Waals surface area contributed by atoms with Gasteiger partial charge in [-0.05, 0) is 33.8 Å². The van der Waals surface area contributed by atoms with Gasteiger partial charge in [-0.2, -0.15) is 0 Å². The highest BCUT2D eigenvalue weighted by Crippen LogP contribution is 2.36. The maximum absolute atomic E-state index is 13.9. The molecule has 0 unspecified atom stereocenters. The summed E-state index contributed by atoms with van der Waals surface area (Å²) in [6.07, 6.45) is 1.02. The topological polar surface area (TPSA) is 48.4 Å². The largest absolute Gasteiger partial charge is 0.497 e. The predicted octanol–water partition coefficient (Wildman–Crippen LogP) is 1.72. The van der Waals surface area contributed by atoms with Crippen LogP contribution in [0.5, 0.6) is 0 Å². The van der Waals surface area contributed by atoms with Crippen molar-refractivity contribution in [1.29, 1.82) is 0 Å². The molecule has 0 atom stereocenters. The van der Waals surface area contributed by atoms with Crippen molar-refractivity contribution in [3.05, 3.63) is 23.8 Å². The number of aromatic nitrogens is 1. The highest BCUT2D eigenvalue weighted by atomic mass is 19.1. The third-order valence-corrected chi connectivity index (χ3v) is 3.75. The van der Waals surface area contributed by atoms with Crippen molar-refractivity contribution in [2.45, 2.75) is 45.8 Å². The highest BCUT2D eigenvalue weighted by Gasteiger charge is 2.52. The van der Waals surface area contributed by atoms with E-state index in [9.17, 15) is 9.18 Å². The summed E-state index contributed by atoms with van der Waals surface area (Å²) >= 11 is 0. The van der Waals surface area contributed by atoms with Crippen LogP contribution in [0.25, 0.3) is 0 Å². The first-order valence-corrected chi connectivity index (χ1v) is 6.16. The molecule has 6 heteroatoms. The van der Waals surface area contributed by atoms with Gasteiger partial charge >= 0.3 is 7.12 Å². The van der Waals surface area contributed by atoms with Crippen molar-refractivity contribution in [2.24, 2.45) is 0 Å². The molecule has 1 aliphatic heterocycles. The van der Waals surface area contributed by atoms with E-state index >= 15 is 0 Å². The number of pyridine rings is 1. The number of carbonyl (C=O) groups is 1. The molecule has 0 aliphatic carbocycles. The number of carbonyl (C=O) groups excluding carboxylic acids is 1. The minimum absolute atomic E-state index is 0.200. The van der Waals surface area contributed by atoms with E-state index in [2.05, 4.69) is 4.98 Å². The minimum atomic E-state index is -0.828. The van der Waals surface area contributed by atoms with Crippen molar-refractivity contribution in [3.63, 3.8) is 0 Å². The molecule has 0 bridgehead atoms. The van der Waals surface area contributed by atoms with Gasteiger partial charge in [0.1, 0.15) is 11.5 Å². The second kappa shape index (κ2) is 4.39. The molecule has 0 amide bonds. The Morgan fingerprint density at radius 3 is 2.26 bits per heavy atom. The van der Waals surface area contributed by atoms with Gasteiger partial charge in [0, 0.05) is 12.4 Å².